The predicted molar refractivity (Wildman–Crippen MR) is 92.3 cm³/mol. The molecule has 128 valence electrons. The van der Waals surface area contributed by atoms with Crippen molar-refractivity contribution in [2.45, 2.75) is 39.0 Å². The van der Waals surface area contributed by atoms with Crippen LogP contribution in [-0.2, 0) is 13.0 Å². The second kappa shape index (κ2) is 7.64. The maximum absolute atomic E-state index is 10.2. The largest absolute Gasteiger partial charge is 0.494 e. The van der Waals surface area contributed by atoms with Crippen LogP contribution in [0.15, 0.2) is 36.7 Å². The normalized spacial score (nSPS) is 17.2. The molecular weight excluding hydrogens is 304 g/mol. The third-order valence-corrected chi connectivity index (χ3v) is 4.12. The van der Waals surface area contributed by atoms with Crippen molar-refractivity contribution in [1.29, 1.82) is 0 Å². The van der Waals surface area contributed by atoms with Crippen LogP contribution in [0.5, 0.6) is 11.5 Å². The van der Waals surface area contributed by atoms with Gasteiger partial charge in [-0.15, -0.1) is 0 Å². The summed E-state index contributed by atoms with van der Waals surface area (Å²) < 4.78 is 11.6. The SMILES string of the molecule is CCOc1cc2c(cc1CNCC(O)c1ccncc1)OC(C)C2. The van der Waals surface area contributed by atoms with Crippen molar-refractivity contribution in [3.8, 4) is 11.5 Å². The van der Waals surface area contributed by atoms with Gasteiger partial charge in [-0.05, 0) is 43.7 Å². The molecule has 1 aromatic carbocycles. The van der Waals surface area contributed by atoms with Crippen molar-refractivity contribution < 1.29 is 14.6 Å². The molecule has 0 spiro atoms. The number of benzene rings is 1. The number of nitrogens with one attached hydrogen (secondary N) is 1. The lowest BCUT2D eigenvalue weighted by molar-refractivity contribution is 0.174. The zero-order chi connectivity index (χ0) is 16.9. The lowest BCUT2D eigenvalue weighted by Gasteiger charge is -2.15. The Morgan fingerprint density at radius 3 is 2.92 bits per heavy atom. The Balaban J connectivity index is 1.65. The molecule has 2 heterocycles. The Kier molecular flexibility index (Phi) is 5.33. The van der Waals surface area contributed by atoms with Gasteiger partial charge in [0.2, 0.25) is 0 Å². The van der Waals surface area contributed by atoms with E-state index in [2.05, 4.69) is 29.4 Å². The van der Waals surface area contributed by atoms with Crippen LogP contribution in [-0.4, -0.2) is 29.3 Å². The summed E-state index contributed by atoms with van der Waals surface area (Å²) in [7, 11) is 0. The predicted octanol–water partition coefficient (Wildman–Crippen LogP) is 2.63. The van der Waals surface area contributed by atoms with Gasteiger partial charge in [0.1, 0.15) is 17.6 Å². The highest BCUT2D eigenvalue weighted by atomic mass is 16.5. The Bertz CT molecular complexity index is 676. The van der Waals surface area contributed by atoms with Crippen molar-refractivity contribution in [3.63, 3.8) is 0 Å². The fourth-order valence-electron chi connectivity index (χ4n) is 2.96. The van der Waals surface area contributed by atoms with Crippen molar-refractivity contribution in [1.82, 2.24) is 10.3 Å². The smallest absolute Gasteiger partial charge is 0.124 e. The van der Waals surface area contributed by atoms with Gasteiger partial charge < -0.3 is 19.9 Å². The Hall–Kier alpha value is -2.11. The van der Waals surface area contributed by atoms with E-state index in [0.717, 1.165) is 29.0 Å². The number of rotatable bonds is 7. The number of hydrogen-bond acceptors (Lipinski definition) is 5. The average Bonchev–Trinajstić information content (AvgIpc) is 2.95. The first-order valence-corrected chi connectivity index (χ1v) is 8.41. The molecule has 1 aromatic heterocycles. The maximum atomic E-state index is 10.2. The zero-order valence-electron chi connectivity index (χ0n) is 14.2. The number of fused-ring (bicyclic) bond motifs is 1. The molecule has 24 heavy (non-hydrogen) atoms. The third-order valence-electron chi connectivity index (χ3n) is 4.12. The van der Waals surface area contributed by atoms with Gasteiger partial charge in [0.15, 0.2) is 0 Å². The van der Waals surface area contributed by atoms with Crippen LogP contribution in [0.1, 0.15) is 36.6 Å². The molecule has 2 aromatic rings. The second-order valence-electron chi connectivity index (χ2n) is 6.06. The molecule has 0 saturated heterocycles. The summed E-state index contributed by atoms with van der Waals surface area (Å²) in [6.45, 7) is 5.76. The second-order valence-corrected chi connectivity index (χ2v) is 6.06. The van der Waals surface area contributed by atoms with Gasteiger partial charge in [-0.2, -0.15) is 0 Å². The van der Waals surface area contributed by atoms with E-state index in [-0.39, 0.29) is 6.10 Å². The van der Waals surface area contributed by atoms with Gasteiger partial charge in [0, 0.05) is 43.0 Å². The van der Waals surface area contributed by atoms with Gasteiger partial charge in [0.25, 0.3) is 0 Å². The topological polar surface area (TPSA) is 63.6 Å². The van der Waals surface area contributed by atoms with Crippen LogP contribution in [0.4, 0.5) is 0 Å². The number of ether oxygens (including phenoxy) is 2. The van der Waals surface area contributed by atoms with Crippen LogP contribution in [0.3, 0.4) is 0 Å². The summed E-state index contributed by atoms with van der Waals surface area (Å²) in [6.07, 6.45) is 3.94. The van der Waals surface area contributed by atoms with Crippen molar-refractivity contribution in [2.75, 3.05) is 13.2 Å². The average molecular weight is 328 g/mol. The zero-order valence-corrected chi connectivity index (χ0v) is 14.2. The van der Waals surface area contributed by atoms with Crippen LogP contribution >= 0.6 is 0 Å². The van der Waals surface area contributed by atoms with Crippen LogP contribution in [0, 0.1) is 0 Å². The molecular formula is C19H24N2O3. The Morgan fingerprint density at radius 1 is 1.38 bits per heavy atom. The van der Waals surface area contributed by atoms with Gasteiger partial charge in [-0.1, -0.05) is 0 Å². The number of aromatic nitrogens is 1. The summed E-state index contributed by atoms with van der Waals surface area (Å²) >= 11 is 0. The highest BCUT2D eigenvalue weighted by molar-refractivity contribution is 5.48. The molecule has 1 aliphatic rings. The van der Waals surface area contributed by atoms with Gasteiger partial charge >= 0.3 is 0 Å². The van der Waals surface area contributed by atoms with Crippen molar-refractivity contribution in [2.24, 2.45) is 0 Å². The van der Waals surface area contributed by atoms with E-state index in [1.54, 1.807) is 12.4 Å². The number of aliphatic hydroxyl groups excluding tert-OH is 1. The molecule has 0 fully saturated rings. The van der Waals surface area contributed by atoms with E-state index in [1.807, 2.05) is 19.1 Å². The number of aliphatic hydroxyl groups is 1. The first kappa shape index (κ1) is 16.7. The fourth-order valence-corrected chi connectivity index (χ4v) is 2.96. The highest BCUT2D eigenvalue weighted by Gasteiger charge is 2.21. The first-order valence-electron chi connectivity index (χ1n) is 8.41. The van der Waals surface area contributed by atoms with E-state index < -0.39 is 6.10 Å². The van der Waals surface area contributed by atoms with E-state index in [1.165, 1.54) is 5.56 Å². The summed E-state index contributed by atoms with van der Waals surface area (Å²) in [6, 6.07) is 7.78. The minimum Gasteiger partial charge on any atom is -0.494 e. The van der Waals surface area contributed by atoms with E-state index >= 15 is 0 Å². The van der Waals surface area contributed by atoms with Gasteiger partial charge in [0.05, 0.1) is 12.7 Å². The molecule has 5 nitrogen and oxygen atoms in total. The number of nitrogens with zero attached hydrogens (tertiary/aromatic N) is 1. The molecule has 0 radical (unpaired) electrons. The van der Waals surface area contributed by atoms with Crippen molar-refractivity contribution in [3.05, 3.63) is 53.3 Å². The Morgan fingerprint density at radius 2 is 2.17 bits per heavy atom. The number of hydrogen-bond donors (Lipinski definition) is 2. The summed E-state index contributed by atoms with van der Waals surface area (Å²) in [4.78, 5) is 3.97. The molecule has 0 amide bonds. The number of pyridine rings is 1. The van der Waals surface area contributed by atoms with Crippen LogP contribution < -0.4 is 14.8 Å². The van der Waals surface area contributed by atoms with E-state index in [4.69, 9.17) is 9.47 Å². The molecule has 2 atom stereocenters. The molecule has 5 heteroatoms. The van der Waals surface area contributed by atoms with Crippen molar-refractivity contribution >= 4 is 0 Å². The van der Waals surface area contributed by atoms with Crippen LogP contribution in [0.25, 0.3) is 0 Å². The fraction of sp³-hybridized carbons (Fsp3) is 0.421. The summed E-state index contributed by atoms with van der Waals surface area (Å²) in [5, 5.41) is 13.5. The molecule has 2 N–H and O–H groups in total. The minimum absolute atomic E-state index is 0.214. The quantitative estimate of drug-likeness (QED) is 0.818. The molecule has 0 aliphatic carbocycles. The molecule has 3 rings (SSSR count). The highest BCUT2D eigenvalue weighted by Crippen LogP contribution is 2.35. The lowest BCUT2D eigenvalue weighted by atomic mass is 10.1. The van der Waals surface area contributed by atoms with Crippen LogP contribution in [0.2, 0.25) is 0 Å². The third kappa shape index (κ3) is 3.86. The molecule has 0 bridgehead atoms. The van der Waals surface area contributed by atoms with Gasteiger partial charge in [-0.25, -0.2) is 0 Å². The van der Waals surface area contributed by atoms with E-state index in [9.17, 15) is 5.11 Å². The maximum Gasteiger partial charge on any atom is 0.124 e. The molecule has 0 saturated carbocycles. The monoisotopic (exact) mass is 328 g/mol. The standard InChI is InChI=1S/C19H24N2O3/c1-3-23-18-9-15-8-13(2)24-19(15)10-16(18)11-21-12-17(22)14-4-6-20-7-5-14/h4-7,9-10,13,17,21-22H,3,8,11-12H2,1-2H3. The minimum atomic E-state index is -0.561. The summed E-state index contributed by atoms with van der Waals surface area (Å²) in [5.41, 5.74) is 3.10. The first-order chi connectivity index (χ1) is 11.7. The lowest BCUT2D eigenvalue weighted by Crippen LogP contribution is -2.21. The molecule has 2 unspecified atom stereocenters. The Labute approximate surface area is 142 Å². The molecule has 1 aliphatic heterocycles. The van der Waals surface area contributed by atoms with E-state index in [0.29, 0.717) is 19.7 Å². The summed E-state index contributed by atoms with van der Waals surface area (Å²) in [5.74, 6) is 1.83. The van der Waals surface area contributed by atoms with Gasteiger partial charge in [-0.3, -0.25) is 4.98 Å².